The Morgan fingerprint density at radius 3 is 2.50 bits per heavy atom. The average molecular weight is 698 g/mol. The summed E-state index contributed by atoms with van der Waals surface area (Å²) in [5.41, 5.74) is 7.11. The lowest BCUT2D eigenvalue weighted by Crippen LogP contribution is -2.41. The average Bonchev–Trinajstić information content (AvgIpc) is 3.70. The van der Waals surface area contributed by atoms with Crippen LogP contribution < -0.4 is 25.4 Å². The number of nitrogen functional groups attached to an aromatic ring is 1. The predicted molar refractivity (Wildman–Crippen MR) is 178 cm³/mol. The minimum absolute atomic E-state index is 0.0787. The lowest BCUT2D eigenvalue weighted by atomic mass is 9.76. The van der Waals surface area contributed by atoms with E-state index in [0.717, 1.165) is 12.8 Å². The van der Waals surface area contributed by atoms with Crippen LogP contribution in [0.1, 0.15) is 56.4 Å². The molecule has 0 aliphatic carbocycles. The third-order valence-electron chi connectivity index (χ3n) is 9.35. The van der Waals surface area contributed by atoms with Gasteiger partial charge in [-0.05, 0) is 73.4 Å². The second-order valence-corrected chi connectivity index (χ2v) is 12.9. The summed E-state index contributed by atoms with van der Waals surface area (Å²) in [5.74, 6) is -1.68. The third kappa shape index (κ3) is 7.62. The van der Waals surface area contributed by atoms with Crippen LogP contribution >= 0.6 is 0 Å². The summed E-state index contributed by atoms with van der Waals surface area (Å²) in [6.45, 7) is 5.67. The fraction of sp³-hybridized carbons (Fsp3) is 0.429. The zero-order chi connectivity index (χ0) is 35.6. The van der Waals surface area contributed by atoms with Crippen LogP contribution in [0.3, 0.4) is 0 Å². The number of benzene rings is 2. The molecule has 1 spiro atoms. The van der Waals surface area contributed by atoms with Gasteiger partial charge in [0.15, 0.2) is 11.6 Å². The molecule has 266 valence electrons. The van der Waals surface area contributed by atoms with Crippen molar-refractivity contribution < 1.29 is 36.9 Å². The van der Waals surface area contributed by atoms with Crippen LogP contribution in [0.4, 0.5) is 29.3 Å². The van der Waals surface area contributed by atoms with E-state index < -0.39 is 30.1 Å². The summed E-state index contributed by atoms with van der Waals surface area (Å²) in [4.78, 5) is 21.6. The number of aliphatic carboxylic acids is 1. The molecular formula is C35H39F4N7O4. The number of carboxylic acid groups (broad SMARTS) is 1. The smallest absolute Gasteiger partial charge is 0.429 e. The summed E-state index contributed by atoms with van der Waals surface area (Å²) in [6.07, 6.45) is -2.31. The lowest BCUT2D eigenvalue weighted by Gasteiger charge is -2.39. The number of aryl methyl sites for hydroxylation is 1. The molecule has 50 heavy (non-hydrogen) atoms. The molecule has 0 amide bonds. The number of rotatable bonds is 11. The number of piperidine rings is 1. The van der Waals surface area contributed by atoms with Crippen molar-refractivity contribution >= 4 is 17.7 Å². The Bertz CT molecular complexity index is 1840. The Hall–Kier alpha value is -4.92. The number of nitrogens with zero attached hydrogens (tertiary/aromatic N) is 5. The predicted octanol–water partition coefficient (Wildman–Crippen LogP) is 6.25. The Kier molecular flexibility index (Phi) is 9.87. The maximum absolute atomic E-state index is 15.0. The van der Waals surface area contributed by atoms with E-state index >= 15 is 0 Å². The number of alkyl halides is 3. The molecular weight excluding hydrogens is 658 g/mol. The number of anilines is 2. The van der Waals surface area contributed by atoms with Crippen molar-refractivity contribution in [1.29, 1.82) is 0 Å². The van der Waals surface area contributed by atoms with E-state index in [2.05, 4.69) is 20.4 Å². The molecule has 2 fully saturated rings. The molecule has 15 heteroatoms. The van der Waals surface area contributed by atoms with E-state index in [1.165, 1.54) is 41.1 Å². The standard InChI is InChI=1S/C35H39F4N7O4/c1-3-4-15-49-28-8-6-22(16-25(28)36)23-5-7-24(27(17-23)46-12-9-21(2)44-46)31(35(37,38)39)50-30-18-29(42-33(40)43-30)45-13-10-34(11-14-45)19-26(32(47)48)41-20-34/h5-9,12,16-18,26,31,41H,3-4,10-11,13-15,19-20H2,1-2H3,(H,47,48)(H2,40,42,43)/t26-,31?/m0/s1. The molecule has 4 N–H and O–H groups in total. The summed E-state index contributed by atoms with van der Waals surface area (Å²) < 4.78 is 72.1. The van der Waals surface area contributed by atoms with E-state index in [4.69, 9.17) is 15.2 Å². The second kappa shape index (κ2) is 14.1. The van der Waals surface area contributed by atoms with Gasteiger partial charge in [-0.1, -0.05) is 31.5 Å². The summed E-state index contributed by atoms with van der Waals surface area (Å²) in [6, 6.07) is 11.1. The molecule has 4 heterocycles. The number of halogens is 4. The van der Waals surface area contributed by atoms with Crippen LogP contribution in [0, 0.1) is 18.2 Å². The van der Waals surface area contributed by atoms with E-state index in [0.29, 0.717) is 68.1 Å². The number of hydrogen-bond donors (Lipinski definition) is 3. The second-order valence-electron chi connectivity index (χ2n) is 12.9. The number of hydrogen-bond acceptors (Lipinski definition) is 9. The van der Waals surface area contributed by atoms with Gasteiger partial charge in [0.2, 0.25) is 17.9 Å². The molecule has 2 saturated heterocycles. The van der Waals surface area contributed by atoms with E-state index in [1.807, 2.05) is 11.8 Å². The van der Waals surface area contributed by atoms with Crippen molar-refractivity contribution in [1.82, 2.24) is 25.1 Å². The van der Waals surface area contributed by atoms with Gasteiger partial charge in [0.05, 0.1) is 18.0 Å². The molecule has 4 aromatic rings. The first-order valence-electron chi connectivity index (χ1n) is 16.5. The maximum atomic E-state index is 15.0. The monoisotopic (exact) mass is 697 g/mol. The zero-order valence-corrected chi connectivity index (χ0v) is 27.7. The highest BCUT2D eigenvalue weighted by Gasteiger charge is 2.46. The van der Waals surface area contributed by atoms with Crippen molar-refractivity contribution in [2.45, 2.75) is 64.3 Å². The first-order chi connectivity index (χ1) is 23.8. The van der Waals surface area contributed by atoms with E-state index in [9.17, 15) is 27.5 Å². The minimum Gasteiger partial charge on any atom is -0.491 e. The van der Waals surface area contributed by atoms with Crippen molar-refractivity contribution in [3.8, 4) is 28.4 Å². The largest absolute Gasteiger partial charge is 0.491 e. The van der Waals surface area contributed by atoms with Crippen molar-refractivity contribution in [2.75, 3.05) is 36.9 Å². The SMILES string of the molecule is CCCCOc1ccc(-c2ccc(C(Oc3cc(N4CCC5(CC4)CN[C@H](C(=O)O)C5)nc(N)n3)C(F)(F)F)c(-n3ccc(C)n3)c2)cc1F. The number of aromatic nitrogens is 4. The number of carbonyl (C=O) groups is 1. The fourth-order valence-electron chi connectivity index (χ4n) is 6.58. The van der Waals surface area contributed by atoms with Crippen molar-refractivity contribution in [3.63, 3.8) is 0 Å². The highest BCUT2D eigenvalue weighted by molar-refractivity contribution is 5.74. The third-order valence-corrected chi connectivity index (χ3v) is 9.35. The normalized spacial score (nSPS) is 18.0. The first kappa shape index (κ1) is 34.9. The van der Waals surface area contributed by atoms with Crippen LogP contribution in [0.5, 0.6) is 11.6 Å². The highest BCUT2D eigenvalue weighted by atomic mass is 19.4. The van der Waals surface area contributed by atoms with Gasteiger partial charge in [0.1, 0.15) is 11.9 Å². The summed E-state index contributed by atoms with van der Waals surface area (Å²) >= 11 is 0. The van der Waals surface area contributed by atoms with Gasteiger partial charge in [-0.2, -0.15) is 28.2 Å². The Balaban J connectivity index is 1.29. The molecule has 2 aliphatic rings. The topological polar surface area (TPSA) is 141 Å². The van der Waals surface area contributed by atoms with Gasteiger partial charge >= 0.3 is 12.1 Å². The number of carboxylic acids is 1. The van der Waals surface area contributed by atoms with Gasteiger partial charge in [-0.15, -0.1) is 0 Å². The van der Waals surface area contributed by atoms with Gasteiger partial charge in [-0.3, -0.25) is 4.79 Å². The van der Waals surface area contributed by atoms with Crippen LogP contribution in [0.25, 0.3) is 16.8 Å². The summed E-state index contributed by atoms with van der Waals surface area (Å²) in [7, 11) is 0. The maximum Gasteiger partial charge on any atom is 0.429 e. The number of nitrogens with two attached hydrogens (primary N) is 1. The molecule has 2 atom stereocenters. The van der Waals surface area contributed by atoms with Gasteiger partial charge < -0.3 is 30.5 Å². The van der Waals surface area contributed by atoms with Crippen molar-refractivity contribution in [3.05, 3.63) is 71.8 Å². The Morgan fingerprint density at radius 2 is 1.86 bits per heavy atom. The molecule has 0 saturated carbocycles. The number of nitrogens with one attached hydrogen (secondary N) is 1. The Morgan fingerprint density at radius 1 is 1.12 bits per heavy atom. The number of ether oxygens (including phenoxy) is 2. The molecule has 0 bridgehead atoms. The van der Waals surface area contributed by atoms with Gasteiger partial charge in [0.25, 0.3) is 0 Å². The highest BCUT2D eigenvalue weighted by Crippen LogP contribution is 2.43. The molecule has 11 nitrogen and oxygen atoms in total. The molecule has 1 unspecified atom stereocenters. The minimum atomic E-state index is -4.89. The van der Waals surface area contributed by atoms with Crippen LogP contribution in [-0.2, 0) is 4.79 Å². The summed E-state index contributed by atoms with van der Waals surface area (Å²) in [5, 5.41) is 16.8. The molecule has 2 aromatic heterocycles. The molecule has 6 rings (SSSR count). The van der Waals surface area contributed by atoms with Crippen molar-refractivity contribution in [2.24, 2.45) is 5.41 Å². The van der Waals surface area contributed by atoms with Gasteiger partial charge in [-0.25, -0.2) is 9.07 Å². The zero-order valence-electron chi connectivity index (χ0n) is 27.7. The quantitative estimate of drug-likeness (QED) is 0.122. The van der Waals surface area contributed by atoms with Crippen LogP contribution in [-0.4, -0.2) is 69.3 Å². The van der Waals surface area contributed by atoms with Crippen LogP contribution in [0.2, 0.25) is 0 Å². The lowest BCUT2D eigenvalue weighted by molar-refractivity contribution is -0.198. The molecule has 0 radical (unpaired) electrons. The van der Waals surface area contributed by atoms with E-state index in [1.54, 1.807) is 25.3 Å². The first-order valence-corrected chi connectivity index (χ1v) is 16.5. The Labute approximate surface area is 286 Å². The number of unbranched alkanes of at least 4 members (excludes halogenated alkanes) is 1. The fourth-order valence-corrected chi connectivity index (χ4v) is 6.58. The molecule has 2 aliphatic heterocycles. The molecule has 2 aromatic carbocycles. The van der Waals surface area contributed by atoms with Crippen LogP contribution in [0.15, 0.2) is 54.7 Å². The van der Waals surface area contributed by atoms with Gasteiger partial charge in [0, 0.05) is 37.5 Å². The van der Waals surface area contributed by atoms with E-state index in [-0.39, 0.29) is 34.2 Å².